The number of rotatable bonds is 10. The molecule has 0 atom stereocenters. The minimum absolute atomic E-state index is 0.0689. The second-order valence-corrected chi connectivity index (χ2v) is 10.6. The Balaban J connectivity index is 1.49. The van der Waals surface area contributed by atoms with Crippen molar-refractivity contribution in [3.8, 4) is 22.8 Å². The van der Waals surface area contributed by atoms with Crippen LogP contribution in [0, 0.1) is 5.92 Å². The highest BCUT2D eigenvalue weighted by Crippen LogP contribution is 2.40. The second-order valence-electron chi connectivity index (χ2n) is 10.6. The maximum absolute atomic E-state index is 13.3. The Morgan fingerprint density at radius 3 is 2.59 bits per heavy atom. The fourth-order valence-electron chi connectivity index (χ4n) is 5.07. The van der Waals surface area contributed by atoms with E-state index >= 15 is 0 Å². The number of carbonyl (C=O) groups is 1. The number of ketones is 1. The zero-order valence-electron chi connectivity index (χ0n) is 21.5. The van der Waals surface area contributed by atoms with Crippen LogP contribution < -0.4 is 9.47 Å². The normalized spacial score (nSPS) is 16.9. The van der Waals surface area contributed by atoms with Crippen molar-refractivity contribution in [2.45, 2.75) is 45.1 Å². The van der Waals surface area contributed by atoms with Gasteiger partial charge in [0.25, 0.3) is 0 Å². The first-order valence-electron chi connectivity index (χ1n) is 12.7. The van der Waals surface area contributed by atoms with Gasteiger partial charge in [0.05, 0.1) is 32.2 Å². The highest BCUT2D eigenvalue weighted by molar-refractivity contribution is 6.02. The lowest BCUT2D eigenvalue weighted by atomic mass is 9.84. The van der Waals surface area contributed by atoms with E-state index in [1.807, 2.05) is 10.6 Å². The lowest BCUT2D eigenvalue weighted by molar-refractivity contribution is -0.0502. The molecular formula is C28H33F2N3O4. The van der Waals surface area contributed by atoms with Crippen molar-refractivity contribution in [1.29, 1.82) is 0 Å². The number of aromatic nitrogens is 2. The maximum Gasteiger partial charge on any atom is 0.387 e. The summed E-state index contributed by atoms with van der Waals surface area (Å²) in [4.78, 5) is 19.9. The molecule has 1 saturated heterocycles. The molecule has 0 bridgehead atoms. The number of methoxy groups -OCH3 is 1. The Morgan fingerprint density at radius 2 is 1.92 bits per heavy atom. The molecule has 0 radical (unpaired) electrons. The van der Waals surface area contributed by atoms with Crippen molar-refractivity contribution in [2.24, 2.45) is 5.92 Å². The molecule has 5 rings (SSSR count). The van der Waals surface area contributed by atoms with E-state index in [9.17, 15) is 13.6 Å². The van der Waals surface area contributed by atoms with Crippen LogP contribution in [0.5, 0.6) is 11.5 Å². The van der Waals surface area contributed by atoms with E-state index in [2.05, 4.69) is 35.9 Å². The Labute approximate surface area is 215 Å². The van der Waals surface area contributed by atoms with Crippen molar-refractivity contribution >= 4 is 11.4 Å². The van der Waals surface area contributed by atoms with Gasteiger partial charge in [0.1, 0.15) is 22.7 Å². The minimum atomic E-state index is -3.06. The fraction of sp³-hybridized carbons (Fsp3) is 0.500. The Bertz CT molecular complexity index is 1280. The van der Waals surface area contributed by atoms with E-state index in [4.69, 9.17) is 14.2 Å². The van der Waals surface area contributed by atoms with Crippen LogP contribution in [0.25, 0.3) is 16.9 Å². The molecule has 1 aliphatic heterocycles. The number of alkyl halides is 2. The average molecular weight is 514 g/mol. The Kier molecular flexibility index (Phi) is 7.18. The van der Waals surface area contributed by atoms with E-state index in [-0.39, 0.29) is 28.3 Å². The van der Waals surface area contributed by atoms with Crippen LogP contribution in [0.1, 0.15) is 49.0 Å². The smallest absolute Gasteiger partial charge is 0.387 e. The van der Waals surface area contributed by atoms with E-state index in [1.54, 1.807) is 12.3 Å². The van der Waals surface area contributed by atoms with E-state index in [0.717, 1.165) is 56.9 Å². The van der Waals surface area contributed by atoms with Gasteiger partial charge in [0, 0.05) is 43.2 Å². The van der Waals surface area contributed by atoms with Crippen LogP contribution >= 0.6 is 0 Å². The van der Waals surface area contributed by atoms with Crippen LogP contribution in [-0.4, -0.2) is 66.6 Å². The van der Waals surface area contributed by atoms with E-state index in [1.165, 1.54) is 13.2 Å². The van der Waals surface area contributed by atoms with Gasteiger partial charge < -0.3 is 14.2 Å². The van der Waals surface area contributed by atoms with Gasteiger partial charge in [-0.2, -0.15) is 8.78 Å². The molecule has 2 fully saturated rings. The summed E-state index contributed by atoms with van der Waals surface area (Å²) in [5.74, 6) is 0.105. The molecule has 3 heterocycles. The van der Waals surface area contributed by atoms with E-state index in [0.29, 0.717) is 23.6 Å². The molecule has 198 valence electrons. The van der Waals surface area contributed by atoms with E-state index < -0.39 is 6.61 Å². The fourth-order valence-corrected chi connectivity index (χ4v) is 5.07. The summed E-state index contributed by atoms with van der Waals surface area (Å²) in [6.07, 6.45) is 5.89. The summed E-state index contributed by atoms with van der Waals surface area (Å²) in [5, 5.41) is 0. The molecule has 7 nitrogen and oxygen atoms in total. The maximum atomic E-state index is 13.3. The van der Waals surface area contributed by atoms with Crippen molar-refractivity contribution in [1.82, 2.24) is 14.3 Å². The largest absolute Gasteiger partial charge is 0.496 e. The molecule has 0 N–H and O–H groups in total. The van der Waals surface area contributed by atoms with Gasteiger partial charge in [0.15, 0.2) is 5.78 Å². The summed E-state index contributed by atoms with van der Waals surface area (Å²) in [6, 6.07) is 7.30. The molecule has 2 aromatic heterocycles. The van der Waals surface area contributed by atoms with Crippen molar-refractivity contribution in [2.75, 3.05) is 40.0 Å². The number of pyridine rings is 1. The number of imidazole rings is 1. The third-order valence-corrected chi connectivity index (χ3v) is 7.26. The van der Waals surface area contributed by atoms with Gasteiger partial charge in [-0.3, -0.25) is 14.1 Å². The molecule has 37 heavy (non-hydrogen) atoms. The monoisotopic (exact) mass is 513 g/mol. The van der Waals surface area contributed by atoms with Gasteiger partial charge in [-0.05, 0) is 48.6 Å². The predicted molar refractivity (Wildman–Crippen MR) is 136 cm³/mol. The quantitative estimate of drug-likeness (QED) is 0.347. The molecular weight excluding hydrogens is 480 g/mol. The zero-order valence-corrected chi connectivity index (χ0v) is 21.5. The predicted octanol–water partition coefficient (Wildman–Crippen LogP) is 5.20. The molecule has 1 aliphatic carbocycles. The average Bonchev–Trinajstić information content (AvgIpc) is 3.57. The first kappa shape index (κ1) is 25.6. The molecule has 0 unspecified atom stereocenters. The van der Waals surface area contributed by atoms with Crippen LogP contribution in [-0.2, 0) is 10.2 Å². The number of benzene rings is 1. The van der Waals surface area contributed by atoms with Crippen LogP contribution in [0.15, 0.2) is 36.7 Å². The summed E-state index contributed by atoms with van der Waals surface area (Å²) in [7, 11) is 1.43. The highest BCUT2D eigenvalue weighted by Gasteiger charge is 2.30. The summed E-state index contributed by atoms with van der Waals surface area (Å²) >= 11 is 0. The number of nitrogens with zero attached hydrogens (tertiary/aromatic N) is 3. The first-order chi connectivity index (χ1) is 17.7. The molecule has 0 amide bonds. The number of hydrogen-bond donors (Lipinski definition) is 0. The topological polar surface area (TPSA) is 65.3 Å². The van der Waals surface area contributed by atoms with Crippen molar-refractivity contribution < 1.29 is 27.8 Å². The van der Waals surface area contributed by atoms with Crippen molar-refractivity contribution in [3.63, 3.8) is 0 Å². The van der Waals surface area contributed by atoms with Gasteiger partial charge in [-0.25, -0.2) is 4.98 Å². The zero-order chi connectivity index (χ0) is 26.2. The van der Waals surface area contributed by atoms with Gasteiger partial charge in [-0.1, -0.05) is 13.8 Å². The third-order valence-electron chi connectivity index (χ3n) is 7.26. The van der Waals surface area contributed by atoms with Gasteiger partial charge in [0.2, 0.25) is 0 Å². The minimum Gasteiger partial charge on any atom is -0.496 e. The number of morpholine rings is 1. The highest BCUT2D eigenvalue weighted by atomic mass is 19.3. The second kappa shape index (κ2) is 10.4. The van der Waals surface area contributed by atoms with Crippen LogP contribution in [0.4, 0.5) is 8.78 Å². The number of halogens is 2. The Morgan fingerprint density at radius 1 is 1.19 bits per heavy atom. The number of Topliss-reactive ketones (excluding diaryl/α,β-unsaturated/α-hetero) is 1. The summed E-state index contributed by atoms with van der Waals surface area (Å²) in [6.45, 7) is 5.62. The summed E-state index contributed by atoms with van der Waals surface area (Å²) in [5.41, 5.74) is 3.13. The molecule has 9 heteroatoms. The molecule has 2 aliphatic rings. The molecule has 1 aromatic carbocycles. The molecule has 3 aromatic rings. The molecule has 1 saturated carbocycles. The lowest BCUT2D eigenvalue weighted by Crippen LogP contribution is -2.43. The number of hydrogen-bond acceptors (Lipinski definition) is 6. The standard InChI is InChI=1S/C28H33F2N3O4/c1-28(2,17-32-8-10-36-11-9-32)20-6-7-33-21(16-31-25(33)15-20)19-13-23(35-3)26(22(34)12-18-4-5-18)24(14-19)37-27(29)30/h6-7,13-16,18,27H,4-5,8-12,17H2,1-3H3. The number of fused-ring (bicyclic) bond motifs is 1. The number of carbonyl (C=O) groups excluding carboxylic acids is 1. The van der Waals surface area contributed by atoms with Crippen LogP contribution in [0.2, 0.25) is 0 Å². The third kappa shape index (κ3) is 5.62. The van der Waals surface area contributed by atoms with Crippen LogP contribution in [0.3, 0.4) is 0 Å². The SMILES string of the molecule is COc1cc(-c2cnc3cc(C(C)(C)CN4CCOCC4)ccn23)cc(OC(F)F)c1C(=O)CC1CC1. The Hall–Kier alpha value is -3.04. The number of ether oxygens (including phenoxy) is 3. The summed E-state index contributed by atoms with van der Waals surface area (Å²) < 4.78 is 44.3. The molecule has 0 spiro atoms. The lowest BCUT2D eigenvalue weighted by Gasteiger charge is -2.35. The van der Waals surface area contributed by atoms with Crippen molar-refractivity contribution in [3.05, 3.63) is 47.8 Å². The van der Waals surface area contributed by atoms with Gasteiger partial charge >= 0.3 is 6.61 Å². The van der Waals surface area contributed by atoms with Gasteiger partial charge in [-0.15, -0.1) is 0 Å². The first-order valence-corrected chi connectivity index (χ1v) is 12.7.